The summed E-state index contributed by atoms with van der Waals surface area (Å²) in [7, 11) is 0. The van der Waals surface area contributed by atoms with Crippen molar-refractivity contribution >= 4 is 0 Å². The van der Waals surface area contributed by atoms with Gasteiger partial charge in [0.2, 0.25) is 0 Å². The molecule has 1 aromatic carbocycles. The molecule has 1 unspecified atom stereocenters. The minimum atomic E-state index is -0.739. The Morgan fingerprint density at radius 2 is 2.08 bits per heavy atom. The highest BCUT2D eigenvalue weighted by atomic mass is 19.1. The van der Waals surface area contributed by atoms with Crippen LogP contribution in [0.3, 0.4) is 0 Å². The van der Waals surface area contributed by atoms with Crippen LogP contribution >= 0.6 is 0 Å². The summed E-state index contributed by atoms with van der Waals surface area (Å²) in [5.74, 6) is 0. The first-order valence-corrected chi connectivity index (χ1v) is 4.06. The molecule has 0 aliphatic rings. The predicted octanol–water partition coefficient (Wildman–Crippen LogP) is 1.75. The zero-order valence-electron chi connectivity index (χ0n) is 7.15. The summed E-state index contributed by atoms with van der Waals surface area (Å²) in [5.41, 5.74) is 0.773. The highest BCUT2D eigenvalue weighted by Gasteiger charge is 2.02. The maximum absolute atomic E-state index is 11.5. The fourth-order valence-corrected chi connectivity index (χ4v) is 0.977. The average Bonchev–Trinajstić information content (AvgIpc) is 2.19. The SMILES string of the molecule is OC(NCC=CF)c1ccccc1. The topological polar surface area (TPSA) is 32.3 Å². The monoisotopic (exact) mass is 181 g/mol. The van der Waals surface area contributed by atoms with Crippen LogP contribution < -0.4 is 5.32 Å². The highest BCUT2D eigenvalue weighted by molar-refractivity contribution is 5.16. The van der Waals surface area contributed by atoms with Crippen LogP contribution in [-0.4, -0.2) is 11.7 Å². The summed E-state index contributed by atoms with van der Waals surface area (Å²) < 4.78 is 11.5. The van der Waals surface area contributed by atoms with Gasteiger partial charge in [0.05, 0.1) is 6.33 Å². The molecule has 0 aromatic heterocycles. The third-order valence-electron chi connectivity index (χ3n) is 1.63. The van der Waals surface area contributed by atoms with Gasteiger partial charge in [-0.15, -0.1) is 0 Å². The van der Waals surface area contributed by atoms with Crippen molar-refractivity contribution in [2.45, 2.75) is 6.23 Å². The Kier molecular flexibility index (Phi) is 4.15. The van der Waals surface area contributed by atoms with Crippen LogP contribution in [0.4, 0.5) is 4.39 Å². The second kappa shape index (κ2) is 5.45. The molecule has 70 valence electrons. The van der Waals surface area contributed by atoms with Crippen molar-refractivity contribution in [3.8, 4) is 0 Å². The Hall–Kier alpha value is -1.19. The normalized spacial score (nSPS) is 13.4. The number of hydrogen-bond acceptors (Lipinski definition) is 2. The smallest absolute Gasteiger partial charge is 0.131 e. The molecule has 13 heavy (non-hydrogen) atoms. The number of nitrogens with one attached hydrogen (secondary N) is 1. The predicted molar refractivity (Wildman–Crippen MR) is 49.7 cm³/mol. The van der Waals surface area contributed by atoms with Crippen molar-refractivity contribution < 1.29 is 9.50 Å². The number of aliphatic hydroxyl groups is 1. The molecule has 0 spiro atoms. The van der Waals surface area contributed by atoms with Crippen LogP contribution in [0.1, 0.15) is 11.8 Å². The maximum atomic E-state index is 11.5. The molecule has 0 aliphatic carbocycles. The number of aliphatic hydroxyl groups excluding tert-OH is 1. The summed E-state index contributed by atoms with van der Waals surface area (Å²) in [6, 6.07) is 9.15. The number of hydrogen-bond donors (Lipinski definition) is 2. The number of halogens is 1. The van der Waals surface area contributed by atoms with E-state index in [0.717, 1.165) is 5.56 Å². The van der Waals surface area contributed by atoms with Gasteiger partial charge in [0.25, 0.3) is 0 Å². The van der Waals surface area contributed by atoms with Crippen LogP contribution in [0.25, 0.3) is 0 Å². The molecule has 0 radical (unpaired) electrons. The Labute approximate surface area is 76.7 Å². The lowest BCUT2D eigenvalue weighted by molar-refractivity contribution is 0.144. The van der Waals surface area contributed by atoms with E-state index in [1.54, 1.807) is 12.1 Å². The van der Waals surface area contributed by atoms with E-state index in [4.69, 9.17) is 0 Å². The summed E-state index contributed by atoms with van der Waals surface area (Å²) >= 11 is 0. The molecule has 1 aromatic rings. The van der Waals surface area contributed by atoms with Crippen molar-refractivity contribution in [1.82, 2.24) is 5.32 Å². The van der Waals surface area contributed by atoms with Crippen LogP contribution in [0.15, 0.2) is 42.7 Å². The first-order valence-electron chi connectivity index (χ1n) is 4.06. The van der Waals surface area contributed by atoms with Gasteiger partial charge in [-0.1, -0.05) is 30.3 Å². The van der Waals surface area contributed by atoms with Gasteiger partial charge in [-0.2, -0.15) is 0 Å². The molecular formula is C10H12FNO. The molecule has 0 bridgehead atoms. The third kappa shape index (κ3) is 3.36. The molecular weight excluding hydrogens is 169 g/mol. The first kappa shape index (κ1) is 9.89. The fraction of sp³-hybridized carbons (Fsp3) is 0.200. The van der Waals surface area contributed by atoms with E-state index >= 15 is 0 Å². The fourth-order valence-electron chi connectivity index (χ4n) is 0.977. The van der Waals surface area contributed by atoms with Gasteiger partial charge in [0.1, 0.15) is 6.23 Å². The average molecular weight is 181 g/mol. The largest absolute Gasteiger partial charge is 0.374 e. The number of benzene rings is 1. The lowest BCUT2D eigenvalue weighted by Crippen LogP contribution is -2.20. The van der Waals surface area contributed by atoms with Crippen LogP contribution in [-0.2, 0) is 0 Å². The zero-order valence-corrected chi connectivity index (χ0v) is 7.15. The molecule has 0 amide bonds. The van der Waals surface area contributed by atoms with Gasteiger partial charge in [0.15, 0.2) is 0 Å². The van der Waals surface area contributed by atoms with E-state index in [-0.39, 0.29) is 0 Å². The van der Waals surface area contributed by atoms with Gasteiger partial charge >= 0.3 is 0 Å². The lowest BCUT2D eigenvalue weighted by Gasteiger charge is -2.10. The Morgan fingerprint density at radius 1 is 1.38 bits per heavy atom. The molecule has 2 nitrogen and oxygen atoms in total. The quantitative estimate of drug-likeness (QED) is 0.693. The molecule has 0 aliphatic heterocycles. The van der Waals surface area contributed by atoms with E-state index in [2.05, 4.69) is 5.32 Å². The minimum Gasteiger partial charge on any atom is -0.374 e. The molecule has 0 heterocycles. The Morgan fingerprint density at radius 3 is 2.69 bits per heavy atom. The van der Waals surface area contributed by atoms with Crippen molar-refractivity contribution in [3.05, 3.63) is 48.3 Å². The van der Waals surface area contributed by atoms with E-state index in [1.165, 1.54) is 6.08 Å². The second-order valence-corrected chi connectivity index (χ2v) is 2.58. The molecule has 3 heteroatoms. The summed E-state index contributed by atoms with van der Waals surface area (Å²) in [5, 5.41) is 12.2. The van der Waals surface area contributed by atoms with Crippen molar-refractivity contribution in [1.29, 1.82) is 0 Å². The van der Waals surface area contributed by atoms with E-state index in [0.29, 0.717) is 12.9 Å². The van der Waals surface area contributed by atoms with Crippen LogP contribution in [0, 0.1) is 0 Å². The van der Waals surface area contributed by atoms with Crippen molar-refractivity contribution in [3.63, 3.8) is 0 Å². The molecule has 1 atom stereocenters. The van der Waals surface area contributed by atoms with Crippen LogP contribution in [0.5, 0.6) is 0 Å². The molecule has 0 fully saturated rings. The summed E-state index contributed by atoms with van der Waals surface area (Å²) in [6.07, 6.45) is 1.01. The summed E-state index contributed by atoms with van der Waals surface area (Å²) in [4.78, 5) is 0. The third-order valence-corrected chi connectivity index (χ3v) is 1.63. The van der Waals surface area contributed by atoms with Gasteiger partial charge in [-0.3, -0.25) is 5.32 Å². The van der Waals surface area contributed by atoms with Crippen molar-refractivity contribution in [2.24, 2.45) is 0 Å². The molecule has 0 saturated carbocycles. The number of rotatable bonds is 4. The van der Waals surface area contributed by atoms with Crippen LogP contribution in [0.2, 0.25) is 0 Å². The van der Waals surface area contributed by atoms with Gasteiger partial charge in [0, 0.05) is 6.54 Å². The van der Waals surface area contributed by atoms with E-state index in [9.17, 15) is 9.50 Å². The zero-order chi connectivity index (χ0) is 9.52. The Bertz CT molecular complexity index is 261. The summed E-state index contributed by atoms with van der Waals surface area (Å²) in [6.45, 7) is 0.312. The van der Waals surface area contributed by atoms with Gasteiger partial charge in [-0.25, -0.2) is 4.39 Å². The minimum absolute atomic E-state index is 0.312. The lowest BCUT2D eigenvalue weighted by atomic mass is 10.2. The molecule has 0 saturated heterocycles. The standard InChI is InChI=1S/C10H12FNO/c11-7-4-8-12-10(13)9-5-2-1-3-6-9/h1-7,10,12-13H,8H2. The highest BCUT2D eigenvalue weighted by Crippen LogP contribution is 2.07. The van der Waals surface area contributed by atoms with Gasteiger partial charge < -0.3 is 5.11 Å². The molecule has 2 N–H and O–H groups in total. The van der Waals surface area contributed by atoms with Crippen molar-refractivity contribution in [2.75, 3.05) is 6.54 Å². The first-order chi connectivity index (χ1) is 6.34. The second-order valence-electron chi connectivity index (χ2n) is 2.58. The van der Waals surface area contributed by atoms with E-state index in [1.807, 2.05) is 18.2 Å². The molecule has 1 rings (SSSR count). The maximum Gasteiger partial charge on any atom is 0.131 e. The van der Waals surface area contributed by atoms with Gasteiger partial charge in [-0.05, 0) is 11.6 Å². The van der Waals surface area contributed by atoms with E-state index < -0.39 is 6.23 Å². The Balaban J connectivity index is 2.44.